The Kier molecular flexibility index (Phi) is 3.84. The highest BCUT2D eigenvalue weighted by Gasteiger charge is 2.51. The molecule has 2 saturated carbocycles. The minimum Gasteiger partial charge on any atom is -0.377 e. The Bertz CT molecular complexity index is 262. The van der Waals surface area contributed by atoms with Gasteiger partial charge in [0.05, 0.1) is 6.10 Å². The van der Waals surface area contributed by atoms with Crippen LogP contribution in [0, 0.1) is 17.3 Å². The van der Waals surface area contributed by atoms with Gasteiger partial charge in [-0.3, -0.25) is 0 Å². The molecule has 100 valence electrons. The molecule has 1 N–H and O–H groups in total. The van der Waals surface area contributed by atoms with Crippen LogP contribution >= 0.6 is 0 Å². The Labute approximate surface area is 107 Å². The first kappa shape index (κ1) is 13.4. The van der Waals surface area contributed by atoms with Crippen LogP contribution in [0.15, 0.2) is 0 Å². The lowest BCUT2D eigenvalue weighted by Crippen LogP contribution is -2.61. The van der Waals surface area contributed by atoms with E-state index in [0.717, 1.165) is 18.6 Å². The molecule has 0 bridgehead atoms. The first-order valence-electron chi connectivity index (χ1n) is 7.32. The average molecular weight is 239 g/mol. The minimum atomic E-state index is 0.315. The van der Waals surface area contributed by atoms with Crippen LogP contribution in [0.4, 0.5) is 0 Å². The molecule has 2 nitrogen and oxygen atoms in total. The third kappa shape index (κ3) is 2.85. The average Bonchev–Trinajstić information content (AvgIpc) is 3.00. The van der Waals surface area contributed by atoms with Crippen molar-refractivity contribution in [1.29, 1.82) is 0 Å². The summed E-state index contributed by atoms with van der Waals surface area (Å²) in [6.45, 7) is 12.3. The number of hydrogen-bond donors (Lipinski definition) is 1. The van der Waals surface area contributed by atoms with Gasteiger partial charge in [-0.2, -0.15) is 0 Å². The monoisotopic (exact) mass is 239 g/mol. The molecule has 4 atom stereocenters. The molecule has 0 aromatic carbocycles. The number of rotatable bonds is 6. The minimum absolute atomic E-state index is 0.315. The maximum atomic E-state index is 6.00. The summed E-state index contributed by atoms with van der Waals surface area (Å²) in [5.74, 6) is 1.59. The van der Waals surface area contributed by atoms with Gasteiger partial charge in [-0.1, -0.05) is 41.0 Å². The van der Waals surface area contributed by atoms with E-state index in [1.165, 1.54) is 19.3 Å². The Hall–Kier alpha value is -0.0800. The highest BCUT2D eigenvalue weighted by molar-refractivity contribution is 5.06. The topological polar surface area (TPSA) is 21.3 Å². The lowest BCUT2D eigenvalue weighted by molar-refractivity contribution is -0.124. The lowest BCUT2D eigenvalue weighted by atomic mass is 9.64. The lowest BCUT2D eigenvalue weighted by Gasteiger charge is -2.52. The van der Waals surface area contributed by atoms with Crippen molar-refractivity contribution in [3.63, 3.8) is 0 Å². The van der Waals surface area contributed by atoms with E-state index in [0.29, 0.717) is 23.5 Å². The van der Waals surface area contributed by atoms with Crippen LogP contribution in [0.5, 0.6) is 0 Å². The van der Waals surface area contributed by atoms with Crippen LogP contribution in [0.1, 0.15) is 53.9 Å². The van der Waals surface area contributed by atoms with E-state index in [1.807, 2.05) is 0 Å². The van der Waals surface area contributed by atoms with Crippen LogP contribution in [0.2, 0.25) is 0 Å². The predicted octanol–water partition coefficient (Wildman–Crippen LogP) is 3.21. The van der Waals surface area contributed by atoms with Gasteiger partial charge in [0.25, 0.3) is 0 Å². The summed E-state index contributed by atoms with van der Waals surface area (Å²) < 4.78 is 6.00. The first-order chi connectivity index (χ1) is 7.95. The van der Waals surface area contributed by atoms with E-state index in [-0.39, 0.29) is 0 Å². The molecule has 0 aliphatic heterocycles. The van der Waals surface area contributed by atoms with E-state index in [4.69, 9.17) is 4.74 Å². The molecule has 0 radical (unpaired) electrons. The van der Waals surface area contributed by atoms with Gasteiger partial charge in [0.2, 0.25) is 0 Å². The van der Waals surface area contributed by atoms with Gasteiger partial charge < -0.3 is 10.1 Å². The van der Waals surface area contributed by atoms with Gasteiger partial charge >= 0.3 is 0 Å². The normalized spacial score (nSPS) is 39.2. The van der Waals surface area contributed by atoms with E-state index in [2.05, 4.69) is 39.9 Å². The summed E-state index contributed by atoms with van der Waals surface area (Å²) in [6, 6.07) is 1.47. The zero-order chi connectivity index (χ0) is 12.6. The van der Waals surface area contributed by atoms with Gasteiger partial charge in [0.15, 0.2) is 0 Å². The molecule has 0 aromatic heterocycles. The molecular weight excluding hydrogens is 210 g/mol. The third-order valence-corrected chi connectivity index (χ3v) is 4.67. The third-order valence-electron chi connectivity index (χ3n) is 4.67. The fourth-order valence-electron chi connectivity index (χ4n) is 2.92. The van der Waals surface area contributed by atoms with Crippen molar-refractivity contribution in [2.45, 2.75) is 72.1 Å². The van der Waals surface area contributed by atoms with Gasteiger partial charge in [0, 0.05) is 24.1 Å². The molecule has 2 rings (SSSR count). The second kappa shape index (κ2) is 4.89. The van der Waals surface area contributed by atoms with Crippen molar-refractivity contribution in [2.24, 2.45) is 17.3 Å². The maximum Gasteiger partial charge on any atom is 0.0656 e. The molecule has 0 aromatic rings. The molecule has 0 amide bonds. The van der Waals surface area contributed by atoms with Crippen molar-refractivity contribution in [3.05, 3.63) is 0 Å². The number of nitrogens with one attached hydrogen (secondary N) is 1. The van der Waals surface area contributed by atoms with Gasteiger partial charge in [-0.25, -0.2) is 0 Å². The molecule has 0 saturated heterocycles. The smallest absolute Gasteiger partial charge is 0.0656 e. The Morgan fingerprint density at radius 3 is 2.47 bits per heavy atom. The van der Waals surface area contributed by atoms with Crippen molar-refractivity contribution in [3.8, 4) is 0 Å². The fraction of sp³-hybridized carbons (Fsp3) is 1.00. The zero-order valence-electron chi connectivity index (χ0n) is 12.1. The van der Waals surface area contributed by atoms with Gasteiger partial charge in [0.1, 0.15) is 0 Å². The fourth-order valence-corrected chi connectivity index (χ4v) is 2.92. The largest absolute Gasteiger partial charge is 0.377 e. The Balaban J connectivity index is 1.73. The van der Waals surface area contributed by atoms with Crippen molar-refractivity contribution in [2.75, 3.05) is 6.61 Å². The van der Waals surface area contributed by atoms with Crippen molar-refractivity contribution in [1.82, 2.24) is 5.32 Å². The van der Waals surface area contributed by atoms with Gasteiger partial charge in [-0.15, -0.1) is 0 Å². The highest BCUT2D eigenvalue weighted by atomic mass is 16.5. The standard InChI is InChI=1S/C15H29NO/c1-6-11-7-12(11)16-13-8-14(15(13,4)5)17-9-10(2)3/h10-14,16H,6-9H2,1-5H3. The van der Waals surface area contributed by atoms with E-state index >= 15 is 0 Å². The molecular formula is C15H29NO. The van der Waals surface area contributed by atoms with E-state index < -0.39 is 0 Å². The second-order valence-corrected chi connectivity index (χ2v) is 7.00. The number of ether oxygens (including phenoxy) is 1. The van der Waals surface area contributed by atoms with E-state index in [1.54, 1.807) is 0 Å². The summed E-state index contributed by atoms with van der Waals surface area (Å²) in [6.07, 6.45) is 4.38. The summed E-state index contributed by atoms with van der Waals surface area (Å²) in [7, 11) is 0. The van der Waals surface area contributed by atoms with E-state index in [9.17, 15) is 0 Å². The molecule has 17 heavy (non-hydrogen) atoms. The van der Waals surface area contributed by atoms with Crippen LogP contribution in [-0.2, 0) is 4.74 Å². The highest BCUT2D eigenvalue weighted by Crippen LogP contribution is 2.45. The summed E-state index contributed by atoms with van der Waals surface area (Å²) >= 11 is 0. The van der Waals surface area contributed by atoms with Crippen molar-refractivity contribution >= 4 is 0 Å². The van der Waals surface area contributed by atoms with Crippen LogP contribution in [0.25, 0.3) is 0 Å². The molecule has 2 aliphatic carbocycles. The van der Waals surface area contributed by atoms with Crippen LogP contribution in [-0.4, -0.2) is 24.8 Å². The molecule has 0 spiro atoms. The van der Waals surface area contributed by atoms with Crippen molar-refractivity contribution < 1.29 is 4.74 Å². The van der Waals surface area contributed by atoms with Crippen LogP contribution < -0.4 is 5.32 Å². The summed E-state index contributed by atoms with van der Waals surface area (Å²) in [5.41, 5.74) is 0.315. The quantitative estimate of drug-likeness (QED) is 0.768. The molecule has 0 heterocycles. The second-order valence-electron chi connectivity index (χ2n) is 7.00. The van der Waals surface area contributed by atoms with Crippen LogP contribution in [0.3, 0.4) is 0 Å². The molecule has 2 aliphatic rings. The maximum absolute atomic E-state index is 6.00. The summed E-state index contributed by atoms with van der Waals surface area (Å²) in [4.78, 5) is 0. The summed E-state index contributed by atoms with van der Waals surface area (Å²) in [5, 5.41) is 3.82. The predicted molar refractivity (Wildman–Crippen MR) is 72.1 cm³/mol. The molecule has 2 fully saturated rings. The Morgan fingerprint density at radius 1 is 1.29 bits per heavy atom. The molecule has 4 unspecified atom stereocenters. The molecule has 2 heteroatoms. The zero-order valence-corrected chi connectivity index (χ0v) is 12.1. The first-order valence-corrected chi connectivity index (χ1v) is 7.32. The van der Waals surface area contributed by atoms with Gasteiger partial charge in [-0.05, 0) is 24.7 Å². The number of hydrogen-bond acceptors (Lipinski definition) is 2. The SMILES string of the molecule is CCC1CC1NC1CC(OCC(C)C)C1(C)C. The Morgan fingerprint density at radius 2 is 2.00 bits per heavy atom.